The number of esters is 1. The second kappa shape index (κ2) is 10.7. The third-order valence-corrected chi connectivity index (χ3v) is 6.12. The van der Waals surface area contributed by atoms with Gasteiger partial charge in [-0.15, -0.1) is 0 Å². The Morgan fingerprint density at radius 3 is 2.64 bits per heavy atom. The number of unbranched alkanes of at least 4 members (excludes halogenated alkanes) is 2. The Morgan fingerprint density at radius 2 is 2.00 bits per heavy atom. The molecule has 156 valence electrons. The van der Waals surface area contributed by atoms with E-state index in [0.29, 0.717) is 24.0 Å². The predicted molar refractivity (Wildman–Crippen MR) is 116 cm³/mol. The normalized spacial score (nSPS) is 22.5. The number of hydrogen-bond acceptors (Lipinski definition) is 3. The van der Waals surface area contributed by atoms with Crippen LogP contribution in [-0.4, -0.2) is 11.1 Å². The molecule has 1 aliphatic rings. The Bertz CT molecular complexity index is 677. The second-order valence-corrected chi connectivity index (χ2v) is 8.64. The quantitative estimate of drug-likeness (QED) is 0.173. The van der Waals surface area contributed by atoms with Gasteiger partial charge in [0, 0.05) is 12.0 Å². The smallest absolute Gasteiger partial charge is 0.310 e. The minimum atomic E-state index is -0.250. The van der Waals surface area contributed by atoms with E-state index in [4.69, 9.17) is 4.74 Å². The van der Waals surface area contributed by atoms with Crippen LogP contribution in [0, 0.1) is 11.8 Å². The van der Waals surface area contributed by atoms with E-state index in [1.807, 2.05) is 12.1 Å². The third-order valence-electron chi connectivity index (χ3n) is 6.12. The Morgan fingerprint density at radius 1 is 1.25 bits per heavy atom. The number of allylic oxidation sites excluding steroid dienone is 1. The van der Waals surface area contributed by atoms with Crippen LogP contribution < -0.4 is 4.74 Å². The maximum atomic E-state index is 12.1. The molecule has 0 bridgehead atoms. The van der Waals surface area contributed by atoms with Gasteiger partial charge in [0.15, 0.2) is 0 Å². The van der Waals surface area contributed by atoms with Crippen molar-refractivity contribution >= 4 is 5.97 Å². The van der Waals surface area contributed by atoms with Crippen molar-refractivity contribution in [2.75, 3.05) is 0 Å². The zero-order valence-electron chi connectivity index (χ0n) is 18.2. The van der Waals surface area contributed by atoms with Gasteiger partial charge >= 0.3 is 5.97 Å². The van der Waals surface area contributed by atoms with Crippen LogP contribution in [0.25, 0.3) is 0 Å². The lowest BCUT2D eigenvalue weighted by atomic mass is 9.76. The number of carbonyl (C=O) groups excluding carboxylic acids is 1. The highest BCUT2D eigenvalue weighted by atomic mass is 16.5. The Balaban J connectivity index is 2.48. The van der Waals surface area contributed by atoms with E-state index < -0.39 is 0 Å². The second-order valence-electron chi connectivity index (χ2n) is 8.64. The van der Waals surface area contributed by atoms with Crippen LogP contribution in [0.3, 0.4) is 0 Å². The summed E-state index contributed by atoms with van der Waals surface area (Å²) in [6, 6.07) is 3.88. The number of carbonyl (C=O) groups is 1. The van der Waals surface area contributed by atoms with Crippen molar-refractivity contribution < 1.29 is 14.6 Å². The number of phenolic OH excluding ortho intramolecular Hbond substituents is 1. The number of phenols is 1. The van der Waals surface area contributed by atoms with Gasteiger partial charge in [-0.05, 0) is 68.1 Å². The van der Waals surface area contributed by atoms with Crippen molar-refractivity contribution in [1.29, 1.82) is 0 Å². The standard InChI is InChI=1S/C25H38O3/c1-6-8-9-12-19-15-22(26)25(23(16-19)28-24(27)7-2)21-14-18(5)11-10-13-20(21)17(3)4/h15-16,18,20-21,26H,3,6-14H2,1-2,4-5H3/t18?,20?,21-/m1/s1. The summed E-state index contributed by atoms with van der Waals surface area (Å²) in [6.07, 6.45) is 9.03. The van der Waals surface area contributed by atoms with E-state index in [-0.39, 0.29) is 17.6 Å². The molecule has 3 heteroatoms. The van der Waals surface area contributed by atoms with Gasteiger partial charge in [0.25, 0.3) is 0 Å². The van der Waals surface area contributed by atoms with Crippen molar-refractivity contribution in [3.05, 3.63) is 35.4 Å². The van der Waals surface area contributed by atoms with Crippen molar-refractivity contribution in [2.45, 2.75) is 91.4 Å². The van der Waals surface area contributed by atoms with E-state index in [2.05, 4.69) is 27.4 Å². The first-order valence-electron chi connectivity index (χ1n) is 11.1. The molecular formula is C25H38O3. The molecule has 0 spiro atoms. The van der Waals surface area contributed by atoms with Crippen molar-refractivity contribution in [3.63, 3.8) is 0 Å². The van der Waals surface area contributed by atoms with Crippen molar-refractivity contribution in [2.24, 2.45) is 11.8 Å². The summed E-state index contributed by atoms with van der Waals surface area (Å²) in [5.41, 5.74) is 3.00. The molecule has 0 heterocycles. The summed E-state index contributed by atoms with van der Waals surface area (Å²) < 4.78 is 5.75. The molecule has 2 unspecified atom stereocenters. The molecule has 1 aromatic carbocycles. The van der Waals surface area contributed by atoms with Crippen molar-refractivity contribution in [1.82, 2.24) is 0 Å². The van der Waals surface area contributed by atoms with Crippen LogP contribution in [0.15, 0.2) is 24.3 Å². The summed E-state index contributed by atoms with van der Waals surface area (Å²) in [7, 11) is 0. The highest BCUT2D eigenvalue weighted by Crippen LogP contribution is 2.48. The van der Waals surface area contributed by atoms with Crippen LogP contribution in [0.1, 0.15) is 96.1 Å². The molecule has 1 aliphatic carbocycles. The molecule has 1 aromatic rings. The summed E-state index contributed by atoms with van der Waals surface area (Å²) in [6.45, 7) is 12.6. The van der Waals surface area contributed by atoms with Gasteiger partial charge in [-0.2, -0.15) is 0 Å². The van der Waals surface area contributed by atoms with Crippen LogP contribution in [0.4, 0.5) is 0 Å². The van der Waals surface area contributed by atoms with Gasteiger partial charge in [-0.1, -0.05) is 58.6 Å². The number of benzene rings is 1. The molecule has 1 fully saturated rings. The number of aryl methyl sites for hydroxylation is 1. The van der Waals surface area contributed by atoms with Crippen LogP contribution in [0.2, 0.25) is 0 Å². The fraction of sp³-hybridized carbons (Fsp3) is 0.640. The topological polar surface area (TPSA) is 46.5 Å². The Hall–Kier alpha value is -1.77. The molecule has 3 atom stereocenters. The summed E-state index contributed by atoms with van der Waals surface area (Å²) in [5.74, 6) is 1.61. The van der Waals surface area contributed by atoms with E-state index in [1.165, 1.54) is 12.8 Å². The molecule has 2 rings (SSSR count). The minimum Gasteiger partial charge on any atom is -0.508 e. The van der Waals surface area contributed by atoms with Gasteiger partial charge in [-0.25, -0.2) is 0 Å². The van der Waals surface area contributed by atoms with Crippen LogP contribution in [-0.2, 0) is 11.2 Å². The fourth-order valence-electron chi connectivity index (χ4n) is 4.55. The van der Waals surface area contributed by atoms with Gasteiger partial charge in [0.1, 0.15) is 11.5 Å². The Labute approximate surface area is 171 Å². The van der Waals surface area contributed by atoms with Gasteiger partial charge in [0.05, 0.1) is 0 Å². The summed E-state index contributed by atoms with van der Waals surface area (Å²) >= 11 is 0. The molecule has 0 aliphatic heterocycles. The first-order valence-corrected chi connectivity index (χ1v) is 11.1. The lowest BCUT2D eigenvalue weighted by molar-refractivity contribution is -0.134. The maximum absolute atomic E-state index is 12.1. The third kappa shape index (κ3) is 5.86. The molecule has 1 N–H and O–H groups in total. The van der Waals surface area contributed by atoms with Crippen LogP contribution in [0.5, 0.6) is 11.5 Å². The van der Waals surface area contributed by atoms with E-state index in [0.717, 1.165) is 55.2 Å². The van der Waals surface area contributed by atoms with E-state index in [1.54, 1.807) is 6.92 Å². The fourth-order valence-corrected chi connectivity index (χ4v) is 4.55. The Kier molecular flexibility index (Phi) is 8.59. The molecule has 0 aromatic heterocycles. The summed E-state index contributed by atoms with van der Waals surface area (Å²) in [5, 5.41) is 11.0. The average molecular weight is 387 g/mol. The molecule has 0 amide bonds. The van der Waals surface area contributed by atoms with E-state index >= 15 is 0 Å². The van der Waals surface area contributed by atoms with Gasteiger partial charge in [0.2, 0.25) is 0 Å². The molecular weight excluding hydrogens is 348 g/mol. The number of hydrogen-bond donors (Lipinski definition) is 1. The number of aromatic hydroxyl groups is 1. The predicted octanol–water partition coefficient (Wildman–Crippen LogP) is 6.93. The number of ether oxygens (including phenoxy) is 1. The molecule has 28 heavy (non-hydrogen) atoms. The number of rotatable bonds is 8. The zero-order valence-corrected chi connectivity index (χ0v) is 18.2. The van der Waals surface area contributed by atoms with Crippen molar-refractivity contribution in [3.8, 4) is 11.5 Å². The SMILES string of the molecule is C=C(C)C1CCCC(C)C[C@H]1c1c(O)cc(CCCCC)cc1OC(=O)CC. The molecule has 1 saturated carbocycles. The van der Waals surface area contributed by atoms with Crippen LogP contribution >= 0.6 is 0 Å². The minimum absolute atomic E-state index is 0.138. The largest absolute Gasteiger partial charge is 0.508 e. The monoisotopic (exact) mass is 386 g/mol. The lowest BCUT2D eigenvalue weighted by Crippen LogP contribution is -2.17. The summed E-state index contributed by atoms with van der Waals surface area (Å²) in [4.78, 5) is 12.1. The first kappa shape index (κ1) is 22.5. The van der Waals surface area contributed by atoms with Gasteiger partial charge < -0.3 is 9.84 Å². The van der Waals surface area contributed by atoms with Gasteiger partial charge in [-0.3, -0.25) is 4.79 Å². The molecule has 0 radical (unpaired) electrons. The van der Waals surface area contributed by atoms with E-state index in [9.17, 15) is 9.90 Å². The molecule has 3 nitrogen and oxygen atoms in total. The lowest BCUT2D eigenvalue weighted by Gasteiger charge is -2.29. The zero-order chi connectivity index (χ0) is 20.7. The molecule has 0 saturated heterocycles. The maximum Gasteiger partial charge on any atom is 0.310 e. The first-order chi connectivity index (χ1) is 13.4. The highest BCUT2D eigenvalue weighted by Gasteiger charge is 2.33. The highest BCUT2D eigenvalue weighted by molar-refractivity contribution is 5.73. The average Bonchev–Trinajstić information content (AvgIpc) is 2.83.